The first kappa shape index (κ1) is 15.9. The molecular weight excluding hydrogens is 271 g/mol. The fraction of sp³-hybridized carbons (Fsp3) is 0.562. The van der Waals surface area contributed by atoms with E-state index in [-0.39, 0.29) is 24.4 Å². The third-order valence-electron chi connectivity index (χ3n) is 4.09. The fourth-order valence-electron chi connectivity index (χ4n) is 2.84. The van der Waals surface area contributed by atoms with Gasteiger partial charge in [-0.1, -0.05) is 6.92 Å². The van der Waals surface area contributed by atoms with E-state index in [9.17, 15) is 14.3 Å². The van der Waals surface area contributed by atoms with Crippen LogP contribution in [0.3, 0.4) is 0 Å². The summed E-state index contributed by atoms with van der Waals surface area (Å²) < 4.78 is 13.4. The second-order valence-corrected chi connectivity index (χ2v) is 5.59. The quantitative estimate of drug-likeness (QED) is 0.918. The predicted molar refractivity (Wildman–Crippen MR) is 79.8 cm³/mol. The molecule has 1 aliphatic rings. The number of aliphatic hydroxyl groups is 1. The van der Waals surface area contributed by atoms with E-state index in [1.54, 1.807) is 17.9 Å². The summed E-state index contributed by atoms with van der Waals surface area (Å²) in [7, 11) is 0. The molecule has 0 spiro atoms. The number of nitrogens with zero attached hydrogens (tertiary/aromatic N) is 2. The first-order valence-electron chi connectivity index (χ1n) is 7.46. The summed E-state index contributed by atoms with van der Waals surface area (Å²) in [6.07, 6.45) is 0.896. The largest absolute Gasteiger partial charge is 0.395 e. The van der Waals surface area contributed by atoms with Crippen molar-refractivity contribution >= 4 is 5.91 Å². The minimum absolute atomic E-state index is 0.116. The third kappa shape index (κ3) is 3.80. The van der Waals surface area contributed by atoms with E-state index in [1.807, 2.05) is 6.92 Å². The predicted octanol–water partition coefficient (Wildman–Crippen LogP) is 1.66. The van der Waals surface area contributed by atoms with Gasteiger partial charge in [-0.2, -0.15) is 0 Å². The second kappa shape index (κ2) is 7.00. The molecule has 2 rings (SSSR count). The lowest BCUT2D eigenvalue weighted by molar-refractivity contribution is 0.0472. The van der Waals surface area contributed by atoms with Crippen molar-refractivity contribution in [3.8, 4) is 0 Å². The molecule has 21 heavy (non-hydrogen) atoms. The van der Waals surface area contributed by atoms with E-state index in [4.69, 9.17) is 0 Å². The van der Waals surface area contributed by atoms with Crippen LogP contribution in [0.25, 0.3) is 0 Å². The zero-order valence-corrected chi connectivity index (χ0v) is 12.7. The Hall–Kier alpha value is -1.46. The van der Waals surface area contributed by atoms with Crippen molar-refractivity contribution in [3.63, 3.8) is 0 Å². The molecule has 0 radical (unpaired) electrons. The van der Waals surface area contributed by atoms with E-state index in [0.717, 1.165) is 25.1 Å². The van der Waals surface area contributed by atoms with Crippen molar-refractivity contribution in [2.45, 2.75) is 26.3 Å². The van der Waals surface area contributed by atoms with Gasteiger partial charge in [0.2, 0.25) is 0 Å². The summed E-state index contributed by atoms with van der Waals surface area (Å²) in [5.41, 5.74) is 1.17. The van der Waals surface area contributed by atoms with Crippen molar-refractivity contribution < 1.29 is 14.3 Å². The Labute approximate surface area is 125 Å². The van der Waals surface area contributed by atoms with Gasteiger partial charge in [-0.3, -0.25) is 9.69 Å². The van der Waals surface area contributed by atoms with Crippen LogP contribution in [0, 0.1) is 12.7 Å². The van der Waals surface area contributed by atoms with Gasteiger partial charge in [0, 0.05) is 37.8 Å². The molecule has 4 nitrogen and oxygen atoms in total. The maximum absolute atomic E-state index is 13.4. The molecule has 1 saturated heterocycles. The Morgan fingerprint density at radius 1 is 1.29 bits per heavy atom. The Morgan fingerprint density at radius 3 is 2.48 bits per heavy atom. The van der Waals surface area contributed by atoms with Gasteiger partial charge < -0.3 is 10.0 Å². The van der Waals surface area contributed by atoms with Crippen LogP contribution in [-0.2, 0) is 0 Å². The van der Waals surface area contributed by atoms with Gasteiger partial charge >= 0.3 is 0 Å². The minimum atomic E-state index is -0.372. The van der Waals surface area contributed by atoms with Gasteiger partial charge in [-0.05, 0) is 37.1 Å². The average Bonchev–Trinajstić information content (AvgIpc) is 2.47. The van der Waals surface area contributed by atoms with E-state index in [2.05, 4.69) is 4.90 Å². The molecule has 1 atom stereocenters. The van der Waals surface area contributed by atoms with Crippen molar-refractivity contribution in [1.82, 2.24) is 9.80 Å². The summed E-state index contributed by atoms with van der Waals surface area (Å²) in [6, 6.07) is 4.60. The molecule has 1 aromatic carbocycles. The van der Waals surface area contributed by atoms with Crippen LogP contribution in [0.1, 0.15) is 29.3 Å². The van der Waals surface area contributed by atoms with E-state index >= 15 is 0 Å². The smallest absolute Gasteiger partial charge is 0.254 e. The van der Waals surface area contributed by atoms with Crippen molar-refractivity contribution in [2.75, 3.05) is 32.8 Å². The number of piperazine rings is 1. The SMILES string of the molecule is CCC(CO)N1CCN(C(=O)c2cc(C)cc(F)c2)CC1. The van der Waals surface area contributed by atoms with Crippen LogP contribution >= 0.6 is 0 Å². The number of carbonyl (C=O) groups excluding carboxylic acids is 1. The van der Waals surface area contributed by atoms with E-state index in [1.165, 1.54) is 12.1 Å². The number of aliphatic hydroxyl groups excluding tert-OH is 1. The molecule has 1 unspecified atom stereocenters. The van der Waals surface area contributed by atoms with Gasteiger partial charge in [0.05, 0.1) is 6.61 Å². The number of hydrogen-bond donors (Lipinski definition) is 1. The maximum Gasteiger partial charge on any atom is 0.254 e. The first-order valence-corrected chi connectivity index (χ1v) is 7.46. The van der Waals surface area contributed by atoms with Gasteiger partial charge in [-0.15, -0.1) is 0 Å². The molecule has 5 heteroatoms. The Bertz CT molecular complexity index is 475. The summed E-state index contributed by atoms with van der Waals surface area (Å²) in [5.74, 6) is -0.488. The van der Waals surface area contributed by atoms with Crippen LogP contribution in [0.5, 0.6) is 0 Å². The molecular formula is C16H23FN2O2. The van der Waals surface area contributed by atoms with Crippen LogP contribution in [0.2, 0.25) is 0 Å². The lowest BCUT2D eigenvalue weighted by Gasteiger charge is -2.38. The topological polar surface area (TPSA) is 43.8 Å². The van der Waals surface area contributed by atoms with Crippen molar-refractivity contribution in [1.29, 1.82) is 0 Å². The molecule has 1 N–H and O–H groups in total. The number of carbonyl (C=O) groups is 1. The highest BCUT2D eigenvalue weighted by Gasteiger charge is 2.25. The van der Waals surface area contributed by atoms with Crippen LogP contribution < -0.4 is 0 Å². The molecule has 1 amide bonds. The van der Waals surface area contributed by atoms with Gasteiger partial charge in [0.15, 0.2) is 0 Å². The molecule has 1 aromatic rings. The number of aryl methyl sites for hydroxylation is 1. The van der Waals surface area contributed by atoms with E-state index in [0.29, 0.717) is 18.7 Å². The normalized spacial score (nSPS) is 17.8. The number of halogens is 1. The zero-order chi connectivity index (χ0) is 15.4. The van der Waals surface area contributed by atoms with E-state index < -0.39 is 0 Å². The standard InChI is InChI=1S/C16H23FN2O2/c1-3-15(11-20)18-4-6-19(7-5-18)16(21)13-8-12(2)9-14(17)10-13/h8-10,15,20H,3-7,11H2,1-2H3. The molecule has 116 valence electrons. The van der Waals surface area contributed by atoms with Gasteiger partial charge in [0.1, 0.15) is 5.82 Å². The minimum Gasteiger partial charge on any atom is -0.395 e. The summed E-state index contributed by atoms with van der Waals surface area (Å²) in [4.78, 5) is 16.4. The molecule has 1 heterocycles. The summed E-state index contributed by atoms with van der Waals surface area (Å²) >= 11 is 0. The van der Waals surface area contributed by atoms with Gasteiger partial charge in [-0.25, -0.2) is 4.39 Å². The molecule has 1 aliphatic heterocycles. The molecule has 1 fully saturated rings. The first-order chi connectivity index (χ1) is 10.0. The molecule has 0 saturated carbocycles. The van der Waals surface area contributed by atoms with Crippen molar-refractivity contribution in [3.05, 3.63) is 35.1 Å². The highest BCUT2D eigenvalue weighted by atomic mass is 19.1. The fourth-order valence-corrected chi connectivity index (χ4v) is 2.84. The number of rotatable bonds is 4. The number of benzene rings is 1. The number of amides is 1. The summed E-state index contributed by atoms with van der Waals surface area (Å²) in [5, 5.41) is 9.33. The molecule has 0 aliphatic carbocycles. The Morgan fingerprint density at radius 2 is 1.95 bits per heavy atom. The monoisotopic (exact) mass is 294 g/mol. The van der Waals surface area contributed by atoms with Crippen molar-refractivity contribution in [2.24, 2.45) is 0 Å². The zero-order valence-electron chi connectivity index (χ0n) is 12.7. The average molecular weight is 294 g/mol. The second-order valence-electron chi connectivity index (χ2n) is 5.59. The highest BCUT2D eigenvalue weighted by Crippen LogP contribution is 2.14. The van der Waals surface area contributed by atoms with Gasteiger partial charge in [0.25, 0.3) is 5.91 Å². The molecule has 0 aromatic heterocycles. The maximum atomic E-state index is 13.4. The van der Waals surface area contributed by atoms with Crippen LogP contribution in [-0.4, -0.2) is 59.6 Å². The summed E-state index contributed by atoms with van der Waals surface area (Å²) in [6.45, 7) is 6.71. The Kier molecular flexibility index (Phi) is 5.31. The lowest BCUT2D eigenvalue weighted by atomic mass is 10.1. The highest BCUT2D eigenvalue weighted by molar-refractivity contribution is 5.94. The van der Waals surface area contributed by atoms with Crippen LogP contribution in [0.15, 0.2) is 18.2 Å². The number of hydrogen-bond acceptors (Lipinski definition) is 3. The van der Waals surface area contributed by atoms with Crippen LogP contribution in [0.4, 0.5) is 4.39 Å². The Balaban J connectivity index is 2.00. The molecule has 0 bridgehead atoms. The lowest BCUT2D eigenvalue weighted by Crippen LogP contribution is -2.52. The third-order valence-corrected chi connectivity index (χ3v) is 4.09.